The first-order valence-electron chi connectivity index (χ1n) is 8.21. The summed E-state index contributed by atoms with van der Waals surface area (Å²) in [5.41, 5.74) is 2.82. The maximum absolute atomic E-state index is 12.7. The minimum Gasteiger partial charge on any atom is -0.321 e. The third-order valence-electron chi connectivity index (χ3n) is 4.10. The lowest BCUT2D eigenvalue weighted by Gasteiger charge is -2.14. The monoisotopic (exact) mass is 433 g/mol. The number of carbonyl (C=O) groups excluding carboxylic acids is 1. The van der Waals surface area contributed by atoms with Crippen LogP contribution in [0.4, 0.5) is 5.69 Å². The first-order valence-corrected chi connectivity index (χ1v) is 9.89. The predicted octanol–water partition coefficient (Wildman–Crippen LogP) is 4.39. The van der Waals surface area contributed by atoms with Crippen molar-refractivity contribution in [1.29, 1.82) is 0 Å². The Balaban J connectivity index is 2.11. The van der Waals surface area contributed by atoms with E-state index in [1.54, 1.807) is 41.1 Å². The molecule has 3 aromatic rings. The molecule has 1 N–H and O–H groups in total. The first kappa shape index (κ1) is 18.8. The average Bonchev–Trinajstić information content (AvgIpc) is 2.79. The molecule has 1 amide bonds. The molecule has 0 aliphatic heterocycles. The molecule has 0 atom stereocenters. The van der Waals surface area contributed by atoms with Crippen molar-refractivity contribution in [2.45, 2.75) is 24.0 Å². The molecule has 7 heteroatoms. The number of aromatic nitrogens is 2. The number of nitrogens with one attached hydrogen (secondary N) is 1. The Bertz CT molecular complexity index is 1050. The molecule has 0 aliphatic carbocycles. The Kier molecular flexibility index (Phi) is 5.29. The summed E-state index contributed by atoms with van der Waals surface area (Å²) in [5.74, 6) is -0.191. The molecule has 0 aliphatic rings. The lowest BCUT2D eigenvalue weighted by molar-refractivity contribution is 0.102. The number of nitrogens with zero attached hydrogens (tertiary/aromatic N) is 2. The number of carbonyl (C=O) groups is 1. The zero-order valence-electron chi connectivity index (χ0n) is 15.0. The minimum absolute atomic E-state index is 0.0882. The SMILES string of the molecule is CC(C)Sc1cc2c(cc1NC(=O)c1ccccc1Br)n(C)c(=O)n2C. The summed E-state index contributed by atoms with van der Waals surface area (Å²) < 4.78 is 3.95. The molecule has 136 valence electrons. The molecule has 0 saturated carbocycles. The van der Waals surface area contributed by atoms with E-state index in [4.69, 9.17) is 0 Å². The highest BCUT2D eigenvalue weighted by Crippen LogP contribution is 2.34. The van der Waals surface area contributed by atoms with Crippen LogP contribution in [0.3, 0.4) is 0 Å². The van der Waals surface area contributed by atoms with Crippen LogP contribution in [0.2, 0.25) is 0 Å². The molecular weight excluding hydrogens is 414 g/mol. The number of thioether (sulfide) groups is 1. The van der Waals surface area contributed by atoms with Gasteiger partial charge in [-0.2, -0.15) is 0 Å². The summed E-state index contributed by atoms with van der Waals surface area (Å²) in [4.78, 5) is 25.9. The van der Waals surface area contributed by atoms with Crippen molar-refractivity contribution >= 4 is 50.3 Å². The van der Waals surface area contributed by atoms with Gasteiger partial charge in [0.25, 0.3) is 5.91 Å². The minimum atomic E-state index is -0.191. The van der Waals surface area contributed by atoms with E-state index in [1.165, 1.54) is 0 Å². The van der Waals surface area contributed by atoms with E-state index in [1.807, 2.05) is 30.3 Å². The number of aryl methyl sites for hydroxylation is 2. The summed E-state index contributed by atoms with van der Waals surface area (Å²) in [6.45, 7) is 4.19. The molecular formula is C19H20BrN3O2S. The second-order valence-electron chi connectivity index (χ2n) is 6.34. The van der Waals surface area contributed by atoms with Crippen molar-refractivity contribution in [2.75, 3.05) is 5.32 Å². The van der Waals surface area contributed by atoms with Gasteiger partial charge in [-0.3, -0.25) is 13.9 Å². The Morgan fingerprint density at radius 2 is 1.73 bits per heavy atom. The van der Waals surface area contributed by atoms with Crippen molar-refractivity contribution in [2.24, 2.45) is 14.1 Å². The third-order valence-corrected chi connectivity index (χ3v) is 5.86. The van der Waals surface area contributed by atoms with Crippen LogP contribution in [0.25, 0.3) is 11.0 Å². The van der Waals surface area contributed by atoms with Gasteiger partial charge in [0.2, 0.25) is 0 Å². The molecule has 1 heterocycles. The van der Waals surface area contributed by atoms with E-state index >= 15 is 0 Å². The Hall–Kier alpha value is -1.99. The summed E-state index contributed by atoms with van der Waals surface area (Å²) in [5, 5.41) is 3.35. The highest BCUT2D eigenvalue weighted by Gasteiger charge is 2.17. The number of benzene rings is 2. The van der Waals surface area contributed by atoms with Crippen LogP contribution >= 0.6 is 27.7 Å². The summed E-state index contributed by atoms with van der Waals surface area (Å²) in [6.07, 6.45) is 0. The van der Waals surface area contributed by atoms with E-state index < -0.39 is 0 Å². The fraction of sp³-hybridized carbons (Fsp3) is 0.263. The molecule has 2 aromatic carbocycles. The summed E-state index contributed by atoms with van der Waals surface area (Å²) >= 11 is 5.07. The van der Waals surface area contributed by atoms with Gasteiger partial charge < -0.3 is 5.32 Å². The Morgan fingerprint density at radius 3 is 2.35 bits per heavy atom. The number of hydrogen-bond acceptors (Lipinski definition) is 3. The van der Waals surface area contributed by atoms with Crippen LogP contribution in [-0.4, -0.2) is 20.3 Å². The maximum atomic E-state index is 12.7. The lowest BCUT2D eigenvalue weighted by Crippen LogP contribution is -2.19. The molecule has 0 saturated heterocycles. The quantitative estimate of drug-likeness (QED) is 0.620. The standard InChI is InChI=1S/C19H20BrN3O2S/c1-11(2)26-17-10-16-15(22(3)19(25)23(16)4)9-14(17)21-18(24)12-7-5-6-8-13(12)20/h5-11H,1-4H3,(H,21,24). The highest BCUT2D eigenvalue weighted by atomic mass is 79.9. The average molecular weight is 434 g/mol. The van der Waals surface area contributed by atoms with Crippen LogP contribution in [-0.2, 0) is 14.1 Å². The van der Waals surface area contributed by atoms with E-state index in [9.17, 15) is 9.59 Å². The zero-order valence-corrected chi connectivity index (χ0v) is 17.4. The third kappa shape index (κ3) is 3.46. The van der Waals surface area contributed by atoms with Crippen molar-refractivity contribution < 1.29 is 4.79 Å². The topological polar surface area (TPSA) is 56.0 Å². The number of fused-ring (bicyclic) bond motifs is 1. The predicted molar refractivity (Wildman–Crippen MR) is 111 cm³/mol. The van der Waals surface area contributed by atoms with Crippen molar-refractivity contribution in [3.05, 3.63) is 56.9 Å². The molecule has 5 nitrogen and oxygen atoms in total. The van der Waals surface area contributed by atoms with E-state index in [-0.39, 0.29) is 11.6 Å². The number of amides is 1. The van der Waals surface area contributed by atoms with Gasteiger partial charge in [-0.15, -0.1) is 11.8 Å². The van der Waals surface area contributed by atoms with Gasteiger partial charge in [-0.25, -0.2) is 4.79 Å². The number of imidazole rings is 1. The summed E-state index contributed by atoms with van der Waals surface area (Å²) in [6, 6.07) is 11.1. The van der Waals surface area contributed by atoms with E-state index in [0.717, 1.165) is 20.4 Å². The number of anilines is 1. The largest absolute Gasteiger partial charge is 0.328 e. The Morgan fingerprint density at radius 1 is 1.12 bits per heavy atom. The molecule has 0 spiro atoms. The molecule has 0 fully saturated rings. The molecule has 26 heavy (non-hydrogen) atoms. The van der Waals surface area contributed by atoms with Crippen LogP contribution in [0.15, 0.2) is 50.6 Å². The molecule has 0 radical (unpaired) electrons. The van der Waals surface area contributed by atoms with Crippen molar-refractivity contribution in [1.82, 2.24) is 9.13 Å². The van der Waals surface area contributed by atoms with Crippen LogP contribution < -0.4 is 11.0 Å². The highest BCUT2D eigenvalue weighted by molar-refractivity contribution is 9.10. The van der Waals surface area contributed by atoms with Crippen LogP contribution in [0, 0.1) is 0 Å². The van der Waals surface area contributed by atoms with Gasteiger partial charge in [0.05, 0.1) is 22.3 Å². The number of hydrogen-bond donors (Lipinski definition) is 1. The smallest absolute Gasteiger partial charge is 0.321 e. The Labute approximate surface area is 164 Å². The van der Waals surface area contributed by atoms with Gasteiger partial charge in [-0.1, -0.05) is 26.0 Å². The van der Waals surface area contributed by atoms with Crippen LogP contribution in [0.5, 0.6) is 0 Å². The number of rotatable bonds is 4. The fourth-order valence-electron chi connectivity index (χ4n) is 2.81. The zero-order chi connectivity index (χ0) is 19.0. The second-order valence-corrected chi connectivity index (χ2v) is 8.81. The van der Waals surface area contributed by atoms with Gasteiger partial charge in [0.15, 0.2) is 0 Å². The molecule has 1 aromatic heterocycles. The van der Waals surface area contributed by atoms with Crippen molar-refractivity contribution in [3.63, 3.8) is 0 Å². The van der Waals surface area contributed by atoms with Gasteiger partial charge in [-0.05, 0) is 40.2 Å². The van der Waals surface area contributed by atoms with E-state index in [2.05, 4.69) is 35.1 Å². The van der Waals surface area contributed by atoms with Gasteiger partial charge >= 0.3 is 5.69 Å². The van der Waals surface area contributed by atoms with Crippen molar-refractivity contribution in [3.8, 4) is 0 Å². The van der Waals surface area contributed by atoms with E-state index in [0.29, 0.717) is 16.5 Å². The summed E-state index contributed by atoms with van der Waals surface area (Å²) in [7, 11) is 3.49. The van der Waals surface area contributed by atoms with Gasteiger partial charge in [0.1, 0.15) is 0 Å². The molecule has 0 bridgehead atoms. The first-order chi connectivity index (χ1) is 12.3. The molecule has 3 rings (SSSR count). The fourth-order valence-corrected chi connectivity index (χ4v) is 4.20. The normalized spacial score (nSPS) is 11.3. The number of halogens is 1. The van der Waals surface area contributed by atoms with Gasteiger partial charge in [0, 0.05) is 28.7 Å². The molecule has 0 unspecified atom stereocenters. The maximum Gasteiger partial charge on any atom is 0.328 e. The van der Waals surface area contributed by atoms with Crippen LogP contribution in [0.1, 0.15) is 24.2 Å². The second kappa shape index (κ2) is 7.32. The lowest BCUT2D eigenvalue weighted by atomic mass is 10.2.